The van der Waals surface area contributed by atoms with E-state index in [1.165, 1.54) is 0 Å². The molecule has 0 N–H and O–H groups in total. The summed E-state index contributed by atoms with van der Waals surface area (Å²) >= 11 is 5.72. The van der Waals surface area contributed by atoms with Crippen molar-refractivity contribution < 1.29 is 33.2 Å². The van der Waals surface area contributed by atoms with Crippen molar-refractivity contribution in [1.82, 2.24) is 0 Å². The smallest absolute Gasteiger partial charge is 0.441 e. The maximum Gasteiger partial charge on any atom is 0.441 e. The quantitative estimate of drug-likeness (QED) is 0.522. The van der Waals surface area contributed by atoms with Gasteiger partial charge in [-0.15, -0.1) is 0 Å². The van der Waals surface area contributed by atoms with E-state index in [0.29, 0.717) is 10.6 Å². The Morgan fingerprint density at radius 1 is 1.27 bits per heavy atom. The molecule has 15 heavy (non-hydrogen) atoms. The van der Waals surface area contributed by atoms with E-state index in [9.17, 15) is 8.42 Å². The highest BCUT2D eigenvalue weighted by atomic mass is 35.5. The molecular weight excluding hydrogens is 281 g/mol. The maximum absolute atomic E-state index is 10.9. The molecule has 0 spiro atoms. The SMILES string of the molecule is [C-]#[N+]S(=O)(=O)Cc1ccccc1Cl.[Cl-].[Cl-]. The Morgan fingerprint density at radius 3 is 2.27 bits per heavy atom. The molecule has 0 unspecified atom stereocenters. The lowest BCUT2D eigenvalue weighted by Gasteiger charge is -1.97. The maximum atomic E-state index is 10.9. The lowest BCUT2D eigenvalue weighted by Crippen LogP contribution is -3.00. The third kappa shape index (κ3) is 5.24. The molecule has 0 bridgehead atoms. The van der Waals surface area contributed by atoms with Gasteiger partial charge in [-0.3, -0.25) is 0 Å². The number of hydrogen-bond acceptors (Lipinski definition) is 2. The Morgan fingerprint density at radius 2 is 1.80 bits per heavy atom. The molecule has 0 saturated carbocycles. The average Bonchev–Trinajstić information content (AvgIpc) is 2.09. The van der Waals surface area contributed by atoms with Crippen LogP contribution in [-0.4, -0.2) is 8.42 Å². The zero-order chi connectivity index (χ0) is 9.90. The minimum atomic E-state index is -3.69. The summed E-state index contributed by atoms with van der Waals surface area (Å²) in [6, 6.07) is 6.57. The molecule has 0 aliphatic heterocycles. The summed E-state index contributed by atoms with van der Waals surface area (Å²) in [6.07, 6.45) is 0. The Balaban J connectivity index is 0. The molecule has 0 amide bonds. The summed E-state index contributed by atoms with van der Waals surface area (Å²) < 4.78 is 24.3. The molecule has 0 fully saturated rings. The standard InChI is InChI=1S/C8H6ClNO2S.2ClH/c1-10-13(11,12)6-7-4-2-3-5-8(7)9;;/h2-5H,6H2;2*1H/p-2. The molecule has 0 aliphatic rings. The van der Waals surface area contributed by atoms with Gasteiger partial charge in [-0.05, 0) is 11.6 Å². The lowest BCUT2D eigenvalue weighted by molar-refractivity contribution is -0.001000. The zero-order valence-corrected chi connectivity index (χ0v) is 10.4. The Kier molecular flexibility index (Phi) is 7.81. The van der Waals surface area contributed by atoms with Gasteiger partial charge in [0.1, 0.15) is 0 Å². The summed E-state index contributed by atoms with van der Waals surface area (Å²) in [6.45, 7) is 6.42. The van der Waals surface area contributed by atoms with Gasteiger partial charge < -0.3 is 24.8 Å². The van der Waals surface area contributed by atoms with Crippen LogP contribution in [0.25, 0.3) is 4.25 Å². The monoisotopic (exact) mass is 285 g/mol. The van der Waals surface area contributed by atoms with Crippen LogP contribution in [0.5, 0.6) is 0 Å². The molecule has 0 heterocycles. The second-order valence-corrected chi connectivity index (χ2v) is 4.45. The van der Waals surface area contributed by atoms with E-state index in [2.05, 4.69) is 4.25 Å². The summed E-state index contributed by atoms with van der Waals surface area (Å²) in [7, 11) is -3.69. The molecule has 0 aliphatic carbocycles. The van der Waals surface area contributed by atoms with Gasteiger partial charge in [-0.2, -0.15) is 12.7 Å². The third-order valence-corrected chi connectivity index (χ3v) is 2.76. The van der Waals surface area contributed by atoms with Gasteiger partial charge in [0.2, 0.25) is 0 Å². The van der Waals surface area contributed by atoms with E-state index in [-0.39, 0.29) is 30.6 Å². The van der Waals surface area contributed by atoms with Gasteiger partial charge in [0.15, 0.2) is 5.75 Å². The highest BCUT2D eigenvalue weighted by molar-refractivity contribution is 7.92. The zero-order valence-electron chi connectivity index (χ0n) is 7.32. The van der Waals surface area contributed by atoms with Crippen LogP contribution in [0.2, 0.25) is 5.02 Å². The first-order chi connectivity index (χ1) is 6.05. The van der Waals surface area contributed by atoms with Crippen LogP contribution in [0.3, 0.4) is 0 Å². The van der Waals surface area contributed by atoms with Crippen molar-refractivity contribution in [3.63, 3.8) is 0 Å². The second kappa shape index (κ2) is 6.91. The van der Waals surface area contributed by atoms with Gasteiger partial charge in [-0.1, -0.05) is 29.8 Å². The highest BCUT2D eigenvalue weighted by Crippen LogP contribution is 2.17. The number of halogens is 3. The van der Waals surface area contributed by atoms with Crippen molar-refractivity contribution in [2.45, 2.75) is 5.75 Å². The van der Waals surface area contributed by atoms with Gasteiger partial charge in [-0.25, -0.2) is 6.57 Å². The van der Waals surface area contributed by atoms with Crippen LogP contribution >= 0.6 is 11.6 Å². The van der Waals surface area contributed by atoms with Gasteiger partial charge in [0.05, 0.1) is 0 Å². The van der Waals surface area contributed by atoms with Gasteiger partial charge >= 0.3 is 10.0 Å². The van der Waals surface area contributed by atoms with Crippen molar-refractivity contribution in [2.24, 2.45) is 0 Å². The molecule has 0 radical (unpaired) electrons. The van der Waals surface area contributed by atoms with Crippen LogP contribution < -0.4 is 24.8 Å². The number of rotatable bonds is 2. The molecule has 3 nitrogen and oxygen atoms in total. The molecule has 1 rings (SSSR count). The Bertz CT molecular complexity index is 453. The number of sulfonamides is 1. The van der Waals surface area contributed by atoms with Crippen LogP contribution in [-0.2, 0) is 15.8 Å². The average molecular weight is 287 g/mol. The predicted molar refractivity (Wildman–Crippen MR) is 50.7 cm³/mol. The number of hydrogen-bond donors (Lipinski definition) is 0. The minimum absolute atomic E-state index is 0. The first-order valence-corrected chi connectivity index (χ1v) is 5.39. The number of nitrogens with zero attached hydrogens (tertiary/aromatic N) is 1. The summed E-state index contributed by atoms with van der Waals surface area (Å²) in [4.78, 5) is 0. The predicted octanol–water partition coefficient (Wildman–Crippen LogP) is -3.90. The van der Waals surface area contributed by atoms with E-state index >= 15 is 0 Å². The highest BCUT2D eigenvalue weighted by Gasteiger charge is 2.16. The molecule has 1 aromatic rings. The minimum Gasteiger partial charge on any atom is -1.00 e. The molecule has 1 aromatic carbocycles. The first-order valence-electron chi connectivity index (χ1n) is 3.40. The van der Waals surface area contributed by atoms with Gasteiger partial charge in [0, 0.05) is 5.02 Å². The fraction of sp³-hybridized carbons (Fsp3) is 0.125. The largest absolute Gasteiger partial charge is 1.00 e. The number of benzene rings is 1. The fourth-order valence-electron chi connectivity index (χ4n) is 0.844. The first kappa shape index (κ1) is 16.9. The van der Waals surface area contributed by atoms with Crippen molar-refractivity contribution in [1.29, 1.82) is 0 Å². The van der Waals surface area contributed by atoms with Gasteiger partial charge in [0.25, 0.3) is 0 Å². The Hall–Kier alpha value is -0.470. The topological polar surface area (TPSA) is 38.5 Å². The molecule has 0 aromatic heterocycles. The fourth-order valence-corrected chi connectivity index (χ4v) is 1.84. The molecule has 7 heteroatoms. The van der Waals surface area contributed by atoms with Crippen molar-refractivity contribution >= 4 is 21.6 Å². The van der Waals surface area contributed by atoms with E-state index in [0.717, 1.165) is 0 Å². The molecule has 0 atom stereocenters. The van der Waals surface area contributed by atoms with E-state index in [1.54, 1.807) is 24.3 Å². The second-order valence-electron chi connectivity index (χ2n) is 2.41. The van der Waals surface area contributed by atoms with Crippen LogP contribution in [0.4, 0.5) is 0 Å². The van der Waals surface area contributed by atoms with E-state index in [1.807, 2.05) is 0 Å². The van der Waals surface area contributed by atoms with E-state index in [4.69, 9.17) is 18.2 Å². The molecule has 0 saturated heterocycles. The van der Waals surface area contributed by atoms with Crippen molar-refractivity contribution in [3.8, 4) is 0 Å². The van der Waals surface area contributed by atoms with Crippen molar-refractivity contribution in [2.75, 3.05) is 0 Å². The molecular formula is C8H6Cl3NO2S-2. The summed E-state index contributed by atoms with van der Waals surface area (Å²) in [5.41, 5.74) is 0.458. The summed E-state index contributed by atoms with van der Waals surface area (Å²) in [5.74, 6) is -0.323. The van der Waals surface area contributed by atoms with Crippen LogP contribution in [0.15, 0.2) is 24.3 Å². The normalized spacial score (nSPS) is 9.33. The van der Waals surface area contributed by atoms with Crippen LogP contribution in [0.1, 0.15) is 5.56 Å². The van der Waals surface area contributed by atoms with Crippen LogP contribution in [0, 0.1) is 6.57 Å². The van der Waals surface area contributed by atoms with E-state index < -0.39 is 10.0 Å². The lowest BCUT2D eigenvalue weighted by atomic mass is 10.2. The summed E-state index contributed by atoms with van der Waals surface area (Å²) in [5, 5.41) is 0.370. The molecule has 84 valence electrons. The Labute approximate surface area is 106 Å². The third-order valence-electron chi connectivity index (χ3n) is 1.43. The van der Waals surface area contributed by atoms with Crippen molar-refractivity contribution in [3.05, 3.63) is 45.7 Å².